The first-order valence-corrected chi connectivity index (χ1v) is 4.95. The molecular formula is C10H21NO. The summed E-state index contributed by atoms with van der Waals surface area (Å²) in [5.74, 6) is 0.801. The molecule has 0 aliphatic carbocycles. The molecule has 0 aromatic rings. The first-order valence-electron chi connectivity index (χ1n) is 4.95. The van der Waals surface area contributed by atoms with Crippen molar-refractivity contribution in [2.24, 2.45) is 11.3 Å². The Bertz CT molecular complexity index is 132. The molecule has 0 aromatic carbocycles. The van der Waals surface area contributed by atoms with E-state index >= 15 is 0 Å². The molecule has 2 heteroatoms. The Hall–Kier alpha value is -0.0800. The zero-order chi connectivity index (χ0) is 9.03. The van der Waals surface area contributed by atoms with Gasteiger partial charge < -0.3 is 10.1 Å². The topological polar surface area (TPSA) is 21.3 Å². The lowest BCUT2D eigenvalue weighted by molar-refractivity contribution is -0.0991. The normalized spacial score (nSPS) is 23.2. The van der Waals surface area contributed by atoms with Crippen LogP contribution in [-0.2, 0) is 4.74 Å². The molecule has 1 fully saturated rings. The maximum absolute atomic E-state index is 5.18. The van der Waals surface area contributed by atoms with Crippen LogP contribution in [0.2, 0.25) is 0 Å². The molecule has 0 aromatic heterocycles. The Labute approximate surface area is 75.7 Å². The van der Waals surface area contributed by atoms with E-state index in [4.69, 9.17) is 4.74 Å². The largest absolute Gasteiger partial charge is 0.380 e. The van der Waals surface area contributed by atoms with E-state index in [1.807, 2.05) is 0 Å². The van der Waals surface area contributed by atoms with Gasteiger partial charge >= 0.3 is 0 Å². The lowest BCUT2D eigenvalue weighted by Crippen LogP contribution is -2.47. The minimum atomic E-state index is 0.424. The summed E-state index contributed by atoms with van der Waals surface area (Å²) < 4.78 is 5.18. The van der Waals surface area contributed by atoms with E-state index in [0.717, 1.165) is 32.2 Å². The van der Waals surface area contributed by atoms with Gasteiger partial charge in [0.1, 0.15) is 0 Å². The van der Waals surface area contributed by atoms with Gasteiger partial charge in [0.05, 0.1) is 13.2 Å². The van der Waals surface area contributed by atoms with E-state index < -0.39 is 0 Å². The fourth-order valence-corrected chi connectivity index (χ4v) is 1.32. The average Bonchev–Trinajstić information content (AvgIpc) is 2.01. The van der Waals surface area contributed by atoms with Crippen LogP contribution in [0.5, 0.6) is 0 Å². The van der Waals surface area contributed by atoms with Crippen molar-refractivity contribution in [2.45, 2.75) is 27.2 Å². The molecule has 1 aliphatic rings. The van der Waals surface area contributed by atoms with Gasteiger partial charge in [-0.15, -0.1) is 0 Å². The van der Waals surface area contributed by atoms with Crippen LogP contribution in [0, 0.1) is 11.3 Å². The summed E-state index contributed by atoms with van der Waals surface area (Å²) in [6, 6.07) is 0. The molecule has 1 heterocycles. The molecule has 1 saturated heterocycles. The molecule has 2 nitrogen and oxygen atoms in total. The molecule has 0 spiro atoms. The zero-order valence-electron chi connectivity index (χ0n) is 8.52. The van der Waals surface area contributed by atoms with Crippen molar-refractivity contribution in [3.05, 3.63) is 0 Å². The third kappa shape index (κ3) is 2.76. The number of nitrogens with one attached hydrogen (secondary N) is 1. The Morgan fingerprint density at radius 3 is 2.58 bits per heavy atom. The molecule has 12 heavy (non-hydrogen) atoms. The number of rotatable bonds is 5. The summed E-state index contributed by atoms with van der Waals surface area (Å²) in [4.78, 5) is 0. The van der Waals surface area contributed by atoms with Crippen LogP contribution in [0.4, 0.5) is 0 Å². The standard InChI is InChI=1S/C10H21NO/c1-4-9(2)5-11-6-10(3)7-12-8-10/h9,11H,4-8H2,1-3H3. The molecular weight excluding hydrogens is 150 g/mol. The maximum atomic E-state index is 5.18. The Kier molecular flexibility index (Phi) is 3.53. The van der Waals surface area contributed by atoms with E-state index in [1.165, 1.54) is 6.42 Å². The quantitative estimate of drug-likeness (QED) is 0.679. The minimum absolute atomic E-state index is 0.424. The van der Waals surface area contributed by atoms with Gasteiger partial charge in [-0.2, -0.15) is 0 Å². The van der Waals surface area contributed by atoms with Crippen molar-refractivity contribution >= 4 is 0 Å². The highest BCUT2D eigenvalue weighted by Gasteiger charge is 2.32. The van der Waals surface area contributed by atoms with Crippen molar-refractivity contribution in [1.82, 2.24) is 5.32 Å². The van der Waals surface area contributed by atoms with Crippen molar-refractivity contribution < 1.29 is 4.74 Å². The van der Waals surface area contributed by atoms with Gasteiger partial charge in [-0.25, -0.2) is 0 Å². The van der Waals surface area contributed by atoms with Gasteiger partial charge in [0.15, 0.2) is 0 Å². The van der Waals surface area contributed by atoms with Crippen molar-refractivity contribution in [3.63, 3.8) is 0 Å². The Balaban J connectivity index is 2.01. The molecule has 0 radical (unpaired) electrons. The van der Waals surface area contributed by atoms with Crippen LogP contribution in [0.3, 0.4) is 0 Å². The lowest BCUT2D eigenvalue weighted by Gasteiger charge is -2.38. The van der Waals surface area contributed by atoms with E-state index in [2.05, 4.69) is 26.1 Å². The van der Waals surface area contributed by atoms with Crippen LogP contribution in [0.15, 0.2) is 0 Å². The number of ether oxygens (including phenoxy) is 1. The first-order chi connectivity index (χ1) is 5.66. The lowest BCUT2D eigenvalue weighted by atomic mass is 9.88. The molecule has 0 bridgehead atoms. The molecule has 1 N–H and O–H groups in total. The first kappa shape index (κ1) is 10.0. The summed E-state index contributed by atoms with van der Waals surface area (Å²) in [6.07, 6.45) is 1.26. The highest BCUT2D eigenvalue weighted by atomic mass is 16.5. The summed E-state index contributed by atoms with van der Waals surface area (Å²) in [5, 5.41) is 3.50. The summed E-state index contributed by atoms with van der Waals surface area (Å²) in [7, 11) is 0. The van der Waals surface area contributed by atoms with E-state index in [0.29, 0.717) is 5.41 Å². The molecule has 0 saturated carbocycles. The summed E-state index contributed by atoms with van der Waals surface area (Å²) in [6.45, 7) is 10.9. The van der Waals surface area contributed by atoms with Crippen LogP contribution in [-0.4, -0.2) is 26.3 Å². The van der Waals surface area contributed by atoms with Gasteiger partial charge in [-0.1, -0.05) is 27.2 Å². The highest BCUT2D eigenvalue weighted by molar-refractivity contribution is 4.82. The fraction of sp³-hybridized carbons (Fsp3) is 1.00. The van der Waals surface area contributed by atoms with Gasteiger partial charge in [0.2, 0.25) is 0 Å². The van der Waals surface area contributed by atoms with Crippen LogP contribution < -0.4 is 5.32 Å². The van der Waals surface area contributed by atoms with Crippen molar-refractivity contribution in [3.8, 4) is 0 Å². The van der Waals surface area contributed by atoms with Gasteiger partial charge in [-0.3, -0.25) is 0 Å². The average molecular weight is 171 g/mol. The monoisotopic (exact) mass is 171 g/mol. The van der Waals surface area contributed by atoms with Crippen LogP contribution in [0.1, 0.15) is 27.2 Å². The Morgan fingerprint density at radius 1 is 1.50 bits per heavy atom. The minimum Gasteiger partial charge on any atom is -0.380 e. The van der Waals surface area contributed by atoms with Crippen molar-refractivity contribution in [2.75, 3.05) is 26.3 Å². The van der Waals surface area contributed by atoms with Gasteiger partial charge in [0.25, 0.3) is 0 Å². The van der Waals surface area contributed by atoms with E-state index in [-0.39, 0.29) is 0 Å². The summed E-state index contributed by atoms with van der Waals surface area (Å²) in [5.41, 5.74) is 0.424. The molecule has 1 unspecified atom stereocenters. The second kappa shape index (κ2) is 4.24. The zero-order valence-corrected chi connectivity index (χ0v) is 8.52. The fourth-order valence-electron chi connectivity index (χ4n) is 1.32. The number of hydrogen-bond donors (Lipinski definition) is 1. The van der Waals surface area contributed by atoms with Gasteiger partial charge in [-0.05, 0) is 12.5 Å². The third-order valence-corrected chi connectivity index (χ3v) is 2.64. The summed E-state index contributed by atoms with van der Waals surface area (Å²) >= 11 is 0. The van der Waals surface area contributed by atoms with E-state index in [1.54, 1.807) is 0 Å². The van der Waals surface area contributed by atoms with Crippen LogP contribution in [0.25, 0.3) is 0 Å². The second-order valence-electron chi connectivity index (χ2n) is 4.45. The predicted molar refractivity (Wildman–Crippen MR) is 51.3 cm³/mol. The molecule has 72 valence electrons. The Morgan fingerprint density at radius 2 is 2.17 bits per heavy atom. The van der Waals surface area contributed by atoms with Crippen LogP contribution >= 0.6 is 0 Å². The SMILES string of the molecule is CCC(C)CNCC1(C)COC1. The molecule has 0 amide bonds. The highest BCUT2D eigenvalue weighted by Crippen LogP contribution is 2.25. The van der Waals surface area contributed by atoms with Crippen molar-refractivity contribution in [1.29, 1.82) is 0 Å². The predicted octanol–water partition coefficient (Wildman–Crippen LogP) is 1.66. The number of hydrogen-bond acceptors (Lipinski definition) is 2. The molecule has 1 aliphatic heterocycles. The van der Waals surface area contributed by atoms with E-state index in [9.17, 15) is 0 Å². The third-order valence-electron chi connectivity index (χ3n) is 2.64. The maximum Gasteiger partial charge on any atom is 0.0554 e. The second-order valence-corrected chi connectivity index (χ2v) is 4.45. The van der Waals surface area contributed by atoms with Gasteiger partial charge in [0, 0.05) is 12.0 Å². The smallest absolute Gasteiger partial charge is 0.0554 e. The molecule has 1 rings (SSSR count). The molecule has 1 atom stereocenters.